The molecule has 18 heavy (non-hydrogen) atoms. The lowest BCUT2D eigenvalue weighted by Crippen LogP contribution is -2.32. The first-order chi connectivity index (χ1) is 8.66. The number of nitrogens with zero attached hydrogens (tertiary/aromatic N) is 2. The summed E-state index contributed by atoms with van der Waals surface area (Å²) in [7, 11) is 0. The van der Waals surface area contributed by atoms with E-state index in [4.69, 9.17) is 16.3 Å². The van der Waals surface area contributed by atoms with E-state index in [9.17, 15) is 0 Å². The molecule has 1 aromatic heterocycles. The molecule has 0 amide bonds. The van der Waals surface area contributed by atoms with E-state index in [2.05, 4.69) is 9.97 Å². The van der Waals surface area contributed by atoms with E-state index in [0.29, 0.717) is 11.8 Å². The largest absolute Gasteiger partial charge is 0.367 e. The fraction of sp³-hybridized carbons (Fsp3) is 0.714. The average molecular weight is 269 g/mol. The van der Waals surface area contributed by atoms with E-state index in [1.807, 2.05) is 13.8 Å². The Labute approximate surface area is 114 Å². The lowest BCUT2D eigenvalue weighted by atomic mass is 9.93. The third kappa shape index (κ3) is 3.01. The van der Waals surface area contributed by atoms with Gasteiger partial charge in [0.05, 0.1) is 0 Å². The summed E-state index contributed by atoms with van der Waals surface area (Å²) >= 11 is 6.07. The highest BCUT2D eigenvalue weighted by Gasteiger charge is 2.36. The molecular weight excluding hydrogens is 248 g/mol. The van der Waals surface area contributed by atoms with Crippen LogP contribution in [0.5, 0.6) is 0 Å². The van der Waals surface area contributed by atoms with Crippen LogP contribution in [0.25, 0.3) is 0 Å². The SMILES string of the molecule is CCOC1(c2nc(C)cc(Cl)n2)CCCCCC1. The number of rotatable bonds is 3. The Morgan fingerprint density at radius 3 is 2.44 bits per heavy atom. The Kier molecular flexibility index (Phi) is 4.57. The van der Waals surface area contributed by atoms with Crippen molar-refractivity contribution in [1.82, 2.24) is 9.97 Å². The van der Waals surface area contributed by atoms with Gasteiger partial charge in [-0.3, -0.25) is 0 Å². The molecular formula is C14H21ClN2O. The standard InChI is InChI=1S/C14H21ClN2O/c1-3-18-14(8-6-4-5-7-9-14)13-16-11(2)10-12(15)17-13/h10H,3-9H2,1-2H3. The summed E-state index contributed by atoms with van der Waals surface area (Å²) in [6.45, 7) is 4.67. The Bertz CT molecular complexity index is 381. The molecule has 0 radical (unpaired) electrons. The van der Waals surface area contributed by atoms with Crippen LogP contribution in [0.4, 0.5) is 0 Å². The molecule has 4 heteroatoms. The smallest absolute Gasteiger partial charge is 0.162 e. The van der Waals surface area contributed by atoms with Crippen molar-refractivity contribution in [3.63, 3.8) is 0 Å². The molecule has 0 aliphatic heterocycles. The second kappa shape index (κ2) is 5.98. The fourth-order valence-corrected chi connectivity index (χ4v) is 2.98. The van der Waals surface area contributed by atoms with Crippen molar-refractivity contribution in [3.05, 3.63) is 22.7 Å². The number of ether oxygens (including phenoxy) is 1. The Morgan fingerprint density at radius 1 is 1.22 bits per heavy atom. The first-order valence-electron chi connectivity index (χ1n) is 6.82. The molecule has 100 valence electrons. The molecule has 3 nitrogen and oxygen atoms in total. The van der Waals surface area contributed by atoms with Crippen molar-refractivity contribution >= 4 is 11.6 Å². The third-order valence-electron chi connectivity index (χ3n) is 3.56. The molecule has 1 aliphatic rings. The summed E-state index contributed by atoms with van der Waals surface area (Å²) in [5.74, 6) is 0.774. The van der Waals surface area contributed by atoms with Crippen LogP contribution in [0.1, 0.15) is 57.0 Å². The summed E-state index contributed by atoms with van der Waals surface area (Å²) in [4.78, 5) is 8.99. The van der Waals surface area contributed by atoms with Gasteiger partial charge < -0.3 is 4.74 Å². The van der Waals surface area contributed by atoms with E-state index < -0.39 is 0 Å². The third-order valence-corrected chi connectivity index (χ3v) is 3.76. The lowest BCUT2D eigenvalue weighted by Gasteiger charge is -2.31. The second-order valence-corrected chi connectivity index (χ2v) is 5.38. The zero-order valence-corrected chi connectivity index (χ0v) is 12.0. The normalized spacial score (nSPS) is 19.5. The molecule has 0 bridgehead atoms. The number of hydrogen-bond donors (Lipinski definition) is 0. The summed E-state index contributed by atoms with van der Waals surface area (Å²) in [5.41, 5.74) is 0.592. The van der Waals surface area contributed by atoms with Crippen molar-refractivity contribution in [2.24, 2.45) is 0 Å². The van der Waals surface area contributed by atoms with Gasteiger partial charge >= 0.3 is 0 Å². The van der Waals surface area contributed by atoms with Gasteiger partial charge in [0, 0.05) is 12.3 Å². The summed E-state index contributed by atoms with van der Waals surface area (Å²) in [6, 6.07) is 1.79. The molecule has 0 unspecified atom stereocenters. The molecule has 1 aliphatic carbocycles. The van der Waals surface area contributed by atoms with Crippen LogP contribution in [0.15, 0.2) is 6.07 Å². The van der Waals surface area contributed by atoms with Crippen molar-refractivity contribution in [2.45, 2.75) is 58.0 Å². The molecule has 1 heterocycles. The van der Waals surface area contributed by atoms with E-state index in [-0.39, 0.29) is 5.60 Å². The van der Waals surface area contributed by atoms with Crippen LogP contribution >= 0.6 is 11.6 Å². The van der Waals surface area contributed by atoms with Gasteiger partial charge in [0.2, 0.25) is 0 Å². The molecule has 0 aromatic carbocycles. The highest BCUT2D eigenvalue weighted by atomic mass is 35.5. The number of hydrogen-bond acceptors (Lipinski definition) is 3. The first-order valence-corrected chi connectivity index (χ1v) is 7.20. The number of halogens is 1. The van der Waals surface area contributed by atoms with Gasteiger partial charge in [-0.15, -0.1) is 0 Å². The maximum absolute atomic E-state index is 6.07. The minimum atomic E-state index is -0.319. The molecule has 1 saturated carbocycles. The van der Waals surface area contributed by atoms with Gasteiger partial charge in [-0.05, 0) is 32.8 Å². The van der Waals surface area contributed by atoms with E-state index in [1.54, 1.807) is 6.07 Å². The maximum atomic E-state index is 6.07. The molecule has 1 fully saturated rings. The van der Waals surface area contributed by atoms with Crippen molar-refractivity contribution < 1.29 is 4.74 Å². The molecule has 1 aromatic rings. The van der Waals surface area contributed by atoms with Crippen LogP contribution < -0.4 is 0 Å². The summed E-state index contributed by atoms with van der Waals surface area (Å²) < 4.78 is 6.06. The minimum absolute atomic E-state index is 0.319. The van der Waals surface area contributed by atoms with Crippen molar-refractivity contribution in [1.29, 1.82) is 0 Å². The Balaban J connectivity index is 2.37. The van der Waals surface area contributed by atoms with Gasteiger partial charge in [-0.2, -0.15) is 0 Å². The number of aryl methyl sites for hydroxylation is 1. The van der Waals surface area contributed by atoms with Crippen LogP contribution in [0, 0.1) is 6.92 Å². The van der Waals surface area contributed by atoms with Gasteiger partial charge in [-0.25, -0.2) is 9.97 Å². The van der Waals surface area contributed by atoms with Crippen LogP contribution in [0.3, 0.4) is 0 Å². The van der Waals surface area contributed by atoms with Gasteiger partial charge in [0.1, 0.15) is 10.8 Å². The monoisotopic (exact) mass is 268 g/mol. The Hall–Kier alpha value is -0.670. The number of aromatic nitrogens is 2. The average Bonchev–Trinajstić information content (AvgIpc) is 2.55. The Morgan fingerprint density at radius 2 is 1.89 bits per heavy atom. The van der Waals surface area contributed by atoms with Gasteiger partial charge in [-0.1, -0.05) is 37.3 Å². The minimum Gasteiger partial charge on any atom is -0.367 e. The topological polar surface area (TPSA) is 35.0 Å². The highest BCUT2D eigenvalue weighted by molar-refractivity contribution is 6.29. The van der Waals surface area contributed by atoms with E-state index in [1.165, 1.54) is 25.7 Å². The van der Waals surface area contributed by atoms with Crippen molar-refractivity contribution in [2.75, 3.05) is 6.61 Å². The summed E-state index contributed by atoms with van der Waals surface area (Å²) in [5, 5.41) is 0.515. The molecule has 0 spiro atoms. The predicted octanol–water partition coefficient (Wildman–Crippen LogP) is 4.02. The molecule has 0 saturated heterocycles. The van der Waals surface area contributed by atoms with Gasteiger partial charge in [0.25, 0.3) is 0 Å². The van der Waals surface area contributed by atoms with Crippen molar-refractivity contribution in [3.8, 4) is 0 Å². The zero-order valence-electron chi connectivity index (χ0n) is 11.2. The summed E-state index contributed by atoms with van der Waals surface area (Å²) in [6.07, 6.45) is 6.90. The highest BCUT2D eigenvalue weighted by Crippen LogP contribution is 2.38. The fourth-order valence-electron chi connectivity index (χ4n) is 2.74. The molecule has 0 atom stereocenters. The lowest BCUT2D eigenvalue weighted by molar-refractivity contribution is -0.0625. The quantitative estimate of drug-likeness (QED) is 0.613. The van der Waals surface area contributed by atoms with E-state index in [0.717, 1.165) is 24.4 Å². The van der Waals surface area contributed by atoms with Gasteiger partial charge in [0.15, 0.2) is 5.82 Å². The molecule has 0 N–H and O–H groups in total. The van der Waals surface area contributed by atoms with E-state index >= 15 is 0 Å². The maximum Gasteiger partial charge on any atom is 0.162 e. The zero-order chi connectivity index (χ0) is 13.0. The van der Waals surface area contributed by atoms with Crippen LogP contribution in [0.2, 0.25) is 5.15 Å². The predicted molar refractivity (Wildman–Crippen MR) is 72.8 cm³/mol. The van der Waals surface area contributed by atoms with Crippen LogP contribution in [-0.2, 0) is 10.3 Å². The molecule has 2 rings (SSSR count). The first kappa shape index (κ1) is 13.8. The van der Waals surface area contributed by atoms with Crippen LogP contribution in [-0.4, -0.2) is 16.6 Å². The second-order valence-electron chi connectivity index (χ2n) is 5.00.